The van der Waals surface area contributed by atoms with Gasteiger partial charge >= 0.3 is 0 Å². The fourth-order valence-corrected chi connectivity index (χ4v) is 2.82. The van der Waals surface area contributed by atoms with E-state index in [1.807, 2.05) is 0 Å². The molecule has 0 heterocycles. The lowest BCUT2D eigenvalue weighted by atomic mass is 10.3. The van der Waals surface area contributed by atoms with Gasteiger partial charge in [-0.15, -0.1) is 0 Å². The Labute approximate surface area is 94.1 Å². The molecular weight excluding hydrogens is 233 g/mol. The largest absolute Gasteiger partial charge is 0.383 e. The molecular formula is C10H14FNO3S. The first kappa shape index (κ1) is 13.1. The van der Waals surface area contributed by atoms with Gasteiger partial charge in [-0.3, -0.25) is 0 Å². The van der Waals surface area contributed by atoms with Crippen LogP contribution in [0.2, 0.25) is 0 Å². The number of nitrogens with two attached hydrogens (primary N) is 1. The monoisotopic (exact) mass is 247 g/mol. The van der Waals surface area contributed by atoms with E-state index in [0.717, 1.165) is 6.07 Å². The van der Waals surface area contributed by atoms with E-state index in [1.54, 1.807) is 0 Å². The van der Waals surface area contributed by atoms with E-state index in [4.69, 9.17) is 10.5 Å². The van der Waals surface area contributed by atoms with Gasteiger partial charge in [0.2, 0.25) is 0 Å². The molecule has 1 aromatic carbocycles. The SMILES string of the molecule is COCC(N)CS(=O)(=O)c1ccccc1F. The smallest absolute Gasteiger partial charge is 0.182 e. The normalized spacial score (nSPS) is 13.7. The molecule has 0 fully saturated rings. The number of methoxy groups -OCH3 is 1. The highest BCUT2D eigenvalue weighted by Crippen LogP contribution is 2.15. The van der Waals surface area contributed by atoms with Crippen LogP contribution in [-0.4, -0.2) is 33.9 Å². The van der Waals surface area contributed by atoms with Crippen molar-refractivity contribution in [2.75, 3.05) is 19.5 Å². The van der Waals surface area contributed by atoms with Crippen LogP contribution in [0, 0.1) is 5.82 Å². The van der Waals surface area contributed by atoms with Crippen LogP contribution in [0.15, 0.2) is 29.2 Å². The molecule has 90 valence electrons. The maximum absolute atomic E-state index is 13.3. The molecule has 0 aromatic heterocycles. The molecule has 16 heavy (non-hydrogen) atoms. The molecule has 0 bridgehead atoms. The summed E-state index contributed by atoms with van der Waals surface area (Å²) in [6, 6.07) is 4.58. The molecule has 0 saturated carbocycles. The van der Waals surface area contributed by atoms with Crippen LogP contribution in [0.4, 0.5) is 4.39 Å². The van der Waals surface area contributed by atoms with Crippen LogP contribution in [0.1, 0.15) is 0 Å². The average Bonchev–Trinajstić information content (AvgIpc) is 2.17. The molecule has 1 rings (SSSR count). The molecule has 0 aliphatic carbocycles. The van der Waals surface area contributed by atoms with Gasteiger partial charge < -0.3 is 10.5 Å². The van der Waals surface area contributed by atoms with E-state index in [-0.39, 0.29) is 17.3 Å². The summed E-state index contributed by atoms with van der Waals surface area (Å²) in [5.74, 6) is -1.09. The Balaban J connectivity index is 2.91. The zero-order valence-electron chi connectivity index (χ0n) is 8.89. The molecule has 1 aromatic rings. The van der Waals surface area contributed by atoms with Gasteiger partial charge in [0.15, 0.2) is 9.84 Å². The van der Waals surface area contributed by atoms with Crippen molar-refractivity contribution in [1.29, 1.82) is 0 Å². The molecule has 6 heteroatoms. The average molecular weight is 247 g/mol. The number of halogens is 1. The summed E-state index contributed by atoms with van der Waals surface area (Å²) >= 11 is 0. The van der Waals surface area contributed by atoms with Crippen molar-refractivity contribution in [1.82, 2.24) is 0 Å². The summed E-state index contributed by atoms with van der Waals surface area (Å²) in [6.45, 7) is 0.119. The number of sulfone groups is 1. The molecule has 0 amide bonds. The van der Waals surface area contributed by atoms with Crippen LogP contribution >= 0.6 is 0 Å². The van der Waals surface area contributed by atoms with Gasteiger partial charge in [-0.05, 0) is 12.1 Å². The Morgan fingerprint density at radius 3 is 2.62 bits per heavy atom. The molecule has 1 unspecified atom stereocenters. The molecule has 2 N–H and O–H groups in total. The van der Waals surface area contributed by atoms with Gasteiger partial charge in [0.25, 0.3) is 0 Å². The molecule has 1 atom stereocenters. The number of ether oxygens (including phenoxy) is 1. The van der Waals surface area contributed by atoms with Gasteiger partial charge in [0.05, 0.1) is 12.4 Å². The van der Waals surface area contributed by atoms with Crippen molar-refractivity contribution in [3.8, 4) is 0 Å². The lowest BCUT2D eigenvalue weighted by Crippen LogP contribution is -2.34. The highest BCUT2D eigenvalue weighted by molar-refractivity contribution is 7.91. The minimum atomic E-state index is -3.69. The standard InChI is InChI=1S/C10H14FNO3S/c1-15-6-8(12)7-16(13,14)10-5-3-2-4-9(10)11/h2-5,8H,6-7,12H2,1H3. The predicted octanol–water partition coefficient (Wildman–Crippen LogP) is 0.573. The second-order valence-electron chi connectivity index (χ2n) is 3.43. The van der Waals surface area contributed by atoms with Crippen LogP contribution < -0.4 is 5.73 Å². The molecule has 0 saturated heterocycles. The molecule has 0 aliphatic heterocycles. The van der Waals surface area contributed by atoms with Crippen molar-refractivity contribution in [2.24, 2.45) is 5.73 Å². The Morgan fingerprint density at radius 1 is 1.44 bits per heavy atom. The van der Waals surface area contributed by atoms with E-state index < -0.39 is 21.7 Å². The number of benzene rings is 1. The molecule has 4 nitrogen and oxygen atoms in total. The molecule has 0 radical (unpaired) electrons. The third-order valence-electron chi connectivity index (χ3n) is 1.99. The van der Waals surface area contributed by atoms with Gasteiger partial charge in [0, 0.05) is 13.2 Å². The highest BCUT2D eigenvalue weighted by atomic mass is 32.2. The van der Waals surface area contributed by atoms with Crippen LogP contribution in [0.25, 0.3) is 0 Å². The minimum Gasteiger partial charge on any atom is -0.383 e. The summed E-state index contributed by atoms with van der Waals surface area (Å²) < 4.78 is 41.5. The lowest BCUT2D eigenvalue weighted by molar-refractivity contribution is 0.186. The Hall–Kier alpha value is -0.980. The van der Waals surface area contributed by atoms with Gasteiger partial charge in [-0.25, -0.2) is 12.8 Å². The van der Waals surface area contributed by atoms with Crippen molar-refractivity contribution in [3.05, 3.63) is 30.1 Å². The van der Waals surface area contributed by atoms with E-state index >= 15 is 0 Å². The quantitative estimate of drug-likeness (QED) is 0.826. The summed E-state index contributed by atoms with van der Waals surface area (Å²) in [5, 5.41) is 0. The van der Waals surface area contributed by atoms with Crippen LogP contribution in [-0.2, 0) is 14.6 Å². The molecule has 0 spiro atoms. The Morgan fingerprint density at radius 2 is 2.06 bits per heavy atom. The zero-order valence-corrected chi connectivity index (χ0v) is 9.71. The lowest BCUT2D eigenvalue weighted by Gasteiger charge is -2.11. The first-order valence-corrected chi connectivity index (χ1v) is 6.34. The topological polar surface area (TPSA) is 69.4 Å². The zero-order chi connectivity index (χ0) is 12.2. The van der Waals surface area contributed by atoms with E-state index in [1.165, 1.54) is 25.3 Å². The fourth-order valence-electron chi connectivity index (χ4n) is 1.33. The second-order valence-corrected chi connectivity index (χ2v) is 5.43. The first-order chi connectivity index (χ1) is 7.47. The van der Waals surface area contributed by atoms with Crippen molar-refractivity contribution >= 4 is 9.84 Å². The molecule has 0 aliphatic rings. The van der Waals surface area contributed by atoms with E-state index in [0.29, 0.717) is 0 Å². The third kappa shape index (κ3) is 3.26. The summed E-state index contributed by atoms with van der Waals surface area (Å²) in [5.41, 5.74) is 5.53. The van der Waals surface area contributed by atoms with Gasteiger partial charge in [0.1, 0.15) is 10.7 Å². The minimum absolute atomic E-state index is 0.119. The Bertz CT molecular complexity index is 447. The Kier molecular flexibility index (Phi) is 4.40. The van der Waals surface area contributed by atoms with Gasteiger partial charge in [-0.2, -0.15) is 0 Å². The van der Waals surface area contributed by atoms with Crippen LogP contribution in [0.5, 0.6) is 0 Å². The van der Waals surface area contributed by atoms with E-state index in [9.17, 15) is 12.8 Å². The maximum Gasteiger partial charge on any atom is 0.182 e. The second kappa shape index (κ2) is 5.38. The van der Waals surface area contributed by atoms with Crippen LogP contribution in [0.3, 0.4) is 0 Å². The third-order valence-corrected chi connectivity index (χ3v) is 3.85. The summed E-state index contributed by atoms with van der Waals surface area (Å²) in [4.78, 5) is -0.318. The number of rotatable bonds is 5. The van der Waals surface area contributed by atoms with E-state index in [2.05, 4.69) is 0 Å². The summed E-state index contributed by atoms with van der Waals surface area (Å²) in [7, 11) is -2.27. The summed E-state index contributed by atoms with van der Waals surface area (Å²) in [6.07, 6.45) is 0. The predicted molar refractivity (Wildman–Crippen MR) is 58.3 cm³/mol. The van der Waals surface area contributed by atoms with Crippen molar-refractivity contribution in [2.45, 2.75) is 10.9 Å². The maximum atomic E-state index is 13.3. The first-order valence-electron chi connectivity index (χ1n) is 4.69. The highest BCUT2D eigenvalue weighted by Gasteiger charge is 2.21. The van der Waals surface area contributed by atoms with Crippen molar-refractivity contribution < 1.29 is 17.5 Å². The van der Waals surface area contributed by atoms with Gasteiger partial charge in [-0.1, -0.05) is 12.1 Å². The van der Waals surface area contributed by atoms with Crippen molar-refractivity contribution in [3.63, 3.8) is 0 Å². The number of hydrogen-bond donors (Lipinski definition) is 1. The fraction of sp³-hybridized carbons (Fsp3) is 0.400. The number of hydrogen-bond acceptors (Lipinski definition) is 4.